The molecule has 4 heteroatoms. The molecule has 0 saturated carbocycles. The zero-order chi connectivity index (χ0) is 9.36. The molecule has 0 aliphatic heterocycles. The fourth-order valence-electron chi connectivity index (χ4n) is 0.629. The molecule has 2 aromatic rings. The molecule has 2 rings (SSSR count). The first-order valence-electron chi connectivity index (χ1n) is 3.75. The van der Waals surface area contributed by atoms with Gasteiger partial charge in [0.15, 0.2) is 0 Å². The van der Waals surface area contributed by atoms with Crippen LogP contribution in [-0.4, -0.2) is 15.0 Å². The molecule has 0 spiro atoms. The van der Waals surface area contributed by atoms with Crippen molar-refractivity contribution < 1.29 is 0 Å². The lowest BCUT2D eigenvalue weighted by atomic mass is 10.4. The minimum atomic E-state index is 0.711. The van der Waals surface area contributed by atoms with Gasteiger partial charge < -0.3 is 5.73 Å². The van der Waals surface area contributed by atoms with Gasteiger partial charge in [-0.15, -0.1) is 0 Å². The summed E-state index contributed by atoms with van der Waals surface area (Å²) in [6.07, 6.45) is 9.86. The summed E-state index contributed by atoms with van der Waals surface area (Å²) in [7, 11) is 0. The van der Waals surface area contributed by atoms with E-state index in [4.69, 9.17) is 5.73 Å². The molecule has 0 unspecified atom stereocenters. The minimum absolute atomic E-state index is 0.711. The summed E-state index contributed by atoms with van der Waals surface area (Å²) in [5.74, 6) is 0. The van der Waals surface area contributed by atoms with Gasteiger partial charge in [0, 0.05) is 37.2 Å². The molecule has 2 N–H and O–H groups in total. The molecule has 0 amide bonds. The minimum Gasteiger partial charge on any atom is -0.397 e. The second kappa shape index (κ2) is 5.65. The Hall–Kier alpha value is -1.97. The molecule has 0 atom stereocenters. The molecule has 0 radical (unpaired) electrons. The van der Waals surface area contributed by atoms with Crippen LogP contribution in [0.3, 0.4) is 0 Å². The van der Waals surface area contributed by atoms with E-state index in [1.807, 2.05) is 0 Å². The van der Waals surface area contributed by atoms with E-state index < -0.39 is 0 Å². The molecule has 0 saturated heterocycles. The summed E-state index contributed by atoms with van der Waals surface area (Å²) in [6, 6.07) is 3.60. The summed E-state index contributed by atoms with van der Waals surface area (Å²) in [4.78, 5) is 11.2. The predicted molar refractivity (Wildman–Crippen MR) is 50.7 cm³/mol. The number of aromatic nitrogens is 3. The van der Waals surface area contributed by atoms with Crippen LogP contribution in [0, 0.1) is 0 Å². The number of nitrogens with zero attached hydrogens (tertiary/aromatic N) is 3. The molecule has 66 valence electrons. The molecule has 4 nitrogen and oxygen atoms in total. The summed E-state index contributed by atoms with van der Waals surface area (Å²) in [6.45, 7) is 0. The topological polar surface area (TPSA) is 64.7 Å². The summed E-state index contributed by atoms with van der Waals surface area (Å²) >= 11 is 0. The summed E-state index contributed by atoms with van der Waals surface area (Å²) in [5, 5.41) is 0. The molecular weight excluding hydrogens is 164 g/mol. The van der Waals surface area contributed by atoms with Gasteiger partial charge in [0.25, 0.3) is 0 Å². The monoisotopic (exact) mass is 174 g/mol. The maximum atomic E-state index is 5.30. The molecule has 0 aliphatic rings. The molecule has 2 aromatic heterocycles. The van der Waals surface area contributed by atoms with Crippen LogP contribution in [-0.2, 0) is 0 Å². The number of nitrogen functional groups attached to an aromatic ring is 1. The highest BCUT2D eigenvalue weighted by Crippen LogP contribution is 1.92. The van der Waals surface area contributed by atoms with E-state index in [9.17, 15) is 0 Å². The lowest BCUT2D eigenvalue weighted by Crippen LogP contribution is -1.82. The maximum Gasteiger partial charge on any atom is 0.0500 e. The van der Waals surface area contributed by atoms with E-state index in [0.717, 1.165) is 0 Å². The fourth-order valence-corrected chi connectivity index (χ4v) is 0.629. The Balaban J connectivity index is 0.000000132. The van der Waals surface area contributed by atoms with Crippen molar-refractivity contribution in [3.63, 3.8) is 0 Å². The Labute approximate surface area is 76.5 Å². The third-order valence-electron chi connectivity index (χ3n) is 1.16. The lowest BCUT2D eigenvalue weighted by Gasteiger charge is -1.83. The second-order valence-corrected chi connectivity index (χ2v) is 2.18. The molecular formula is C9H10N4. The Morgan fingerprint density at radius 2 is 1.46 bits per heavy atom. The molecule has 0 fully saturated rings. The zero-order valence-corrected chi connectivity index (χ0v) is 7.04. The van der Waals surface area contributed by atoms with E-state index in [-0.39, 0.29) is 0 Å². The third-order valence-corrected chi connectivity index (χ3v) is 1.16. The van der Waals surface area contributed by atoms with Crippen LogP contribution in [0.5, 0.6) is 0 Å². The average Bonchev–Trinajstić information content (AvgIpc) is 2.22. The highest BCUT2D eigenvalue weighted by atomic mass is 14.7. The van der Waals surface area contributed by atoms with Gasteiger partial charge in [0.1, 0.15) is 0 Å². The van der Waals surface area contributed by atoms with Gasteiger partial charge >= 0.3 is 0 Å². The largest absolute Gasteiger partial charge is 0.397 e. The van der Waals surface area contributed by atoms with Crippen LogP contribution in [0.4, 0.5) is 5.69 Å². The van der Waals surface area contributed by atoms with Gasteiger partial charge in [-0.25, -0.2) is 0 Å². The van der Waals surface area contributed by atoms with Crippen molar-refractivity contribution in [2.24, 2.45) is 0 Å². The summed E-state index contributed by atoms with van der Waals surface area (Å²) in [5.41, 5.74) is 6.01. The standard InChI is InChI=1S/C5H6N2.C4H4N2/c6-5-2-1-3-7-4-5;1-2-6-4-3-5-1/h1-4H,6H2;1-4H. The van der Waals surface area contributed by atoms with Crippen molar-refractivity contribution in [2.75, 3.05) is 5.73 Å². The SMILES string of the molecule is Nc1cccnc1.c1cnccn1. The second-order valence-electron chi connectivity index (χ2n) is 2.18. The highest BCUT2D eigenvalue weighted by Gasteiger charge is 1.73. The summed E-state index contributed by atoms with van der Waals surface area (Å²) < 4.78 is 0. The normalized spacial score (nSPS) is 8.31. The number of hydrogen-bond acceptors (Lipinski definition) is 4. The Kier molecular flexibility index (Phi) is 3.96. The Morgan fingerprint density at radius 3 is 1.69 bits per heavy atom. The number of pyridine rings is 1. The lowest BCUT2D eigenvalue weighted by molar-refractivity contribution is 1.20. The quantitative estimate of drug-likeness (QED) is 0.650. The molecule has 0 aromatic carbocycles. The van der Waals surface area contributed by atoms with E-state index in [2.05, 4.69) is 15.0 Å². The first-order valence-corrected chi connectivity index (χ1v) is 3.75. The van der Waals surface area contributed by atoms with Crippen molar-refractivity contribution in [2.45, 2.75) is 0 Å². The van der Waals surface area contributed by atoms with Crippen molar-refractivity contribution in [1.82, 2.24) is 15.0 Å². The van der Waals surface area contributed by atoms with Crippen molar-refractivity contribution in [3.8, 4) is 0 Å². The molecule has 13 heavy (non-hydrogen) atoms. The van der Waals surface area contributed by atoms with Gasteiger partial charge in [-0.2, -0.15) is 0 Å². The number of anilines is 1. The van der Waals surface area contributed by atoms with Crippen LogP contribution in [0.1, 0.15) is 0 Å². The van der Waals surface area contributed by atoms with Crippen LogP contribution in [0.25, 0.3) is 0 Å². The van der Waals surface area contributed by atoms with Crippen molar-refractivity contribution >= 4 is 5.69 Å². The van der Waals surface area contributed by atoms with Crippen molar-refractivity contribution in [3.05, 3.63) is 49.3 Å². The fraction of sp³-hybridized carbons (Fsp3) is 0. The van der Waals surface area contributed by atoms with E-state index in [1.54, 1.807) is 49.3 Å². The molecule has 2 heterocycles. The van der Waals surface area contributed by atoms with Gasteiger partial charge in [-0.1, -0.05) is 0 Å². The highest BCUT2D eigenvalue weighted by molar-refractivity contribution is 5.32. The van der Waals surface area contributed by atoms with Crippen LogP contribution >= 0.6 is 0 Å². The van der Waals surface area contributed by atoms with E-state index >= 15 is 0 Å². The van der Waals surface area contributed by atoms with Gasteiger partial charge in [-0.3, -0.25) is 15.0 Å². The molecule has 0 aliphatic carbocycles. The van der Waals surface area contributed by atoms with Gasteiger partial charge in [0.2, 0.25) is 0 Å². The third kappa shape index (κ3) is 4.47. The Morgan fingerprint density at radius 1 is 0.846 bits per heavy atom. The molecule has 0 bridgehead atoms. The first-order chi connectivity index (χ1) is 6.39. The van der Waals surface area contributed by atoms with E-state index in [0.29, 0.717) is 5.69 Å². The van der Waals surface area contributed by atoms with Gasteiger partial charge in [-0.05, 0) is 12.1 Å². The van der Waals surface area contributed by atoms with Crippen molar-refractivity contribution in [1.29, 1.82) is 0 Å². The van der Waals surface area contributed by atoms with Crippen LogP contribution in [0.2, 0.25) is 0 Å². The van der Waals surface area contributed by atoms with Gasteiger partial charge in [0.05, 0.1) is 5.69 Å². The van der Waals surface area contributed by atoms with Crippen LogP contribution < -0.4 is 5.73 Å². The first kappa shape index (κ1) is 9.12. The average molecular weight is 174 g/mol. The smallest absolute Gasteiger partial charge is 0.0500 e. The number of rotatable bonds is 0. The zero-order valence-electron chi connectivity index (χ0n) is 7.04. The van der Waals surface area contributed by atoms with Crippen LogP contribution in [0.15, 0.2) is 49.3 Å². The predicted octanol–water partition coefficient (Wildman–Crippen LogP) is 1.14. The van der Waals surface area contributed by atoms with E-state index in [1.165, 1.54) is 0 Å². The number of nitrogens with two attached hydrogens (primary N) is 1. The Bertz CT molecular complexity index is 282. The maximum absolute atomic E-state index is 5.30. The number of hydrogen-bond donors (Lipinski definition) is 1.